The van der Waals surface area contributed by atoms with Crippen LogP contribution in [0.4, 0.5) is 5.69 Å². The summed E-state index contributed by atoms with van der Waals surface area (Å²) in [6.45, 7) is 0. The third-order valence-electron chi connectivity index (χ3n) is 6.99. The number of halogens is 1. The molecule has 2 amide bonds. The second-order valence-electron chi connectivity index (χ2n) is 8.51. The maximum absolute atomic E-state index is 13.0. The van der Waals surface area contributed by atoms with Crippen molar-refractivity contribution in [2.45, 2.75) is 6.42 Å². The van der Waals surface area contributed by atoms with Crippen LogP contribution < -0.4 is 0 Å². The van der Waals surface area contributed by atoms with Crippen LogP contribution in [0.5, 0.6) is 0 Å². The highest BCUT2D eigenvalue weighted by molar-refractivity contribution is 9.10. The number of carbonyl (C=O) groups is 2. The average Bonchev–Trinajstić information content (AvgIpc) is 3.39. The molecule has 156 valence electrons. The first-order chi connectivity index (χ1) is 14.9. The summed E-state index contributed by atoms with van der Waals surface area (Å²) in [7, 11) is 0. The van der Waals surface area contributed by atoms with E-state index in [1.807, 2.05) is 0 Å². The molecular weight excluding hydrogens is 466 g/mol. The summed E-state index contributed by atoms with van der Waals surface area (Å²) in [6.07, 6.45) is 6.65. The van der Waals surface area contributed by atoms with Crippen LogP contribution in [-0.2, 0) is 9.59 Å². The first kappa shape index (κ1) is 18.7. The molecule has 0 spiro atoms. The fourth-order valence-electron chi connectivity index (χ4n) is 5.60. The molecule has 3 fully saturated rings. The number of furan rings is 1. The minimum Gasteiger partial charge on any atom is -0.455 e. The van der Waals surface area contributed by atoms with Crippen LogP contribution in [-0.4, -0.2) is 28.0 Å². The van der Waals surface area contributed by atoms with E-state index in [2.05, 4.69) is 33.2 Å². The highest BCUT2D eigenvalue weighted by Crippen LogP contribution is 2.65. The van der Waals surface area contributed by atoms with Gasteiger partial charge in [0.05, 0.1) is 28.5 Å². The number of carbonyl (C=O) groups excluding carboxylic acids is 2. The molecule has 2 bridgehead atoms. The molecule has 1 aromatic carbocycles. The number of rotatable bonds is 4. The van der Waals surface area contributed by atoms with Crippen LogP contribution in [0.2, 0.25) is 0 Å². The third-order valence-corrected chi connectivity index (χ3v) is 7.48. The summed E-state index contributed by atoms with van der Waals surface area (Å²) < 4.78 is 6.29. The highest BCUT2D eigenvalue weighted by atomic mass is 79.9. The second-order valence-corrected chi connectivity index (χ2v) is 9.42. The zero-order valence-corrected chi connectivity index (χ0v) is 17.6. The van der Waals surface area contributed by atoms with Crippen molar-refractivity contribution in [1.29, 1.82) is 0 Å². The minimum atomic E-state index is -0.480. The molecule has 0 N–H and O–H groups in total. The Hall–Kier alpha value is -3.07. The fourth-order valence-corrected chi connectivity index (χ4v) is 5.95. The summed E-state index contributed by atoms with van der Waals surface area (Å²) in [6, 6.07) is 7.89. The topological polar surface area (TPSA) is 106 Å². The van der Waals surface area contributed by atoms with Gasteiger partial charge in [0, 0.05) is 10.5 Å². The van der Waals surface area contributed by atoms with Crippen LogP contribution in [0.3, 0.4) is 0 Å². The van der Waals surface area contributed by atoms with Crippen LogP contribution in [0.15, 0.2) is 56.5 Å². The van der Waals surface area contributed by atoms with Crippen molar-refractivity contribution in [1.82, 2.24) is 5.01 Å². The van der Waals surface area contributed by atoms with Gasteiger partial charge in [0.1, 0.15) is 11.5 Å². The number of hydrogen-bond donors (Lipinski definition) is 0. The zero-order valence-electron chi connectivity index (χ0n) is 16.1. The molecule has 6 atom stereocenters. The van der Waals surface area contributed by atoms with E-state index in [0.29, 0.717) is 33.4 Å². The normalized spacial score (nSPS) is 32.6. The van der Waals surface area contributed by atoms with Gasteiger partial charge in [0.2, 0.25) is 0 Å². The lowest BCUT2D eigenvalue weighted by Gasteiger charge is -2.37. The summed E-state index contributed by atoms with van der Waals surface area (Å²) in [5, 5.41) is 16.5. The number of nitro benzene ring substituents is 1. The lowest BCUT2D eigenvalue weighted by molar-refractivity contribution is -0.384. The number of nitro groups is 1. The van der Waals surface area contributed by atoms with E-state index < -0.39 is 4.92 Å². The molecule has 8 nitrogen and oxygen atoms in total. The zero-order chi connectivity index (χ0) is 21.4. The summed E-state index contributed by atoms with van der Waals surface area (Å²) >= 11 is 3.23. The van der Waals surface area contributed by atoms with Gasteiger partial charge in [0.25, 0.3) is 17.5 Å². The fraction of sp³-hybridized carbons (Fsp3) is 0.318. The van der Waals surface area contributed by atoms with Gasteiger partial charge >= 0.3 is 0 Å². The molecule has 2 saturated carbocycles. The van der Waals surface area contributed by atoms with Crippen LogP contribution in [0, 0.1) is 45.6 Å². The third kappa shape index (κ3) is 2.69. The molecule has 1 aromatic heterocycles. The molecular formula is C22H16BrN3O5. The number of imide groups is 1. The number of benzene rings is 1. The highest BCUT2D eigenvalue weighted by Gasteiger charge is 2.67. The number of amides is 2. The lowest BCUT2D eigenvalue weighted by Crippen LogP contribution is -2.40. The van der Waals surface area contributed by atoms with Crippen molar-refractivity contribution in [2.75, 3.05) is 0 Å². The van der Waals surface area contributed by atoms with Crippen molar-refractivity contribution in [2.24, 2.45) is 40.6 Å². The lowest BCUT2D eigenvalue weighted by atomic mass is 9.63. The maximum Gasteiger partial charge on any atom is 0.281 e. The van der Waals surface area contributed by atoms with E-state index in [1.165, 1.54) is 12.3 Å². The van der Waals surface area contributed by atoms with Crippen molar-refractivity contribution >= 4 is 39.6 Å². The van der Waals surface area contributed by atoms with E-state index in [1.54, 1.807) is 24.3 Å². The van der Waals surface area contributed by atoms with Gasteiger partial charge in [0.15, 0.2) is 0 Å². The second kappa shape index (κ2) is 6.46. The smallest absolute Gasteiger partial charge is 0.281 e. The van der Waals surface area contributed by atoms with Gasteiger partial charge in [-0.15, -0.1) is 0 Å². The summed E-state index contributed by atoms with van der Waals surface area (Å²) in [4.78, 5) is 36.8. The first-order valence-corrected chi connectivity index (χ1v) is 10.9. The Morgan fingerprint density at radius 2 is 1.77 bits per heavy atom. The number of allylic oxidation sites excluding steroid dienone is 2. The quantitative estimate of drug-likeness (QED) is 0.215. The average molecular weight is 482 g/mol. The van der Waals surface area contributed by atoms with Crippen LogP contribution in [0.25, 0.3) is 11.3 Å². The Morgan fingerprint density at radius 1 is 1.10 bits per heavy atom. The maximum atomic E-state index is 13.0. The molecule has 2 heterocycles. The van der Waals surface area contributed by atoms with Crippen LogP contribution in [0.1, 0.15) is 12.2 Å². The molecule has 2 aromatic rings. The molecule has 1 aliphatic heterocycles. The standard InChI is InChI=1S/C22H16BrN3O5/c23-10-1-3-14(17(7-10)26(29)30)18-6-2-11(31-18)9-24-25-21(27)19-12-4-5-13(16-8-15(12)16)20(19)22(25)28/h1-7,9,12-13,15-16,19-20H,8H2/b24-9-/t12-,13+,15+,16-,19+,20-. The van der Waals surface area contributed by atoms with Gasteiger partial charge in [-0.1, -0.05) is 28.1 Å². The van der Waals surface area contributed by atoms with Crippen molar-refractivity contribution < 1.29 is 18.9 Å². The van der Waals surface area contributed by atoms with Crippen molar-refractivity contribution in [3.05, 3.63) is 62.8 Å². The predicted molar refractivity (Wildman–Crippen MR) is 113 cm³/mol. The van der Waals surface area contributed by atoms with E-state index in [-0.39, 0.29) is 41.2 Å². The molecule has 31 heavy (non-hydrogen) atoms. The van der Waals surface area contributed by atoms with Crippen molar-refractivity contribution in [3.63, 3.8) is 0 Å². The van der Waals surface area contributed by atoms with E-state index in [9.17, 15) is 19.7 Å². The minimum absolute atomic E-state index is 0.0947. The summed E-state index contributed by atoms with van der Waals surface area (Å²) in [5.41, 5.74) is 0.233. The molecule has 4 aliphatic carbocycles. The first-order valence-electron chi connectivity index (χ1n) is 10.1. The Bertz CT molecular complexity index is 1180. The summed E-state index contributed by atoms with van der Waals surface area (Å²) in [5.74, 6) is 0.856. The number of hydrogen-bond acceptors (Lipinski definition) is 6. The Morgan fingerprint density at radius 3 is 2.42 bits per heavy atom. The van der Waals surface area contributed by atoms with E-state index in [0.717, 1.165) is 11.4 Å². The van der Waals surface area contributed by atoms with E-state index in [4.69, 9.17) is 4.42 Å². The Labute approximate surface area is 184 Å². The molecule has 0 radical (unpaired) electrons. The van der Waals surface area contributed by atoms with Gasteiger partial charge in [-0.3, -0.25) is 19.7 Å². The number of nitrogens with zero attached hydrogens (tertiary/aromatic N) is 3. The molecule has 0 unspecified atom stereocenters. The van der Waals surface area contributed by atoms with Crippen molar-refractivity contribution in [3.8, 4) is 11.3 Å². The Kier molecular flexibility index (Phi) is 3.89. The molecule has 9 heteroatoms. The van der Waals surface area contributed by atoms with Gasteiger partial charge in [-0.2, -0.15) is 10.1 Å². The largest absolute Gasteiger partial charge is 0.455 e. The van der Waals surface area contributed by atoms with Gasteiger partial charge in [-0.05, 0) is 54.4 Å². The number of hydrazone groups is 1. The SMILES string of the molecule is O=C1[C@@H]2[C@H]3C=C[C@H]([C@@H]4C[C@H]34)[C@@H]2C(=O)N1/N=C\c1ccc(-c2ccc(Br)cc2[N+](=O)[O-])o1. The van der Waals surface area contributed by atoms with Gasteiger partial charge < -0.3 is 4.42 Å². The predicted octanol–water partition coefficient (Wildman–Crippen LogP) is 4.00. The molecule has 1 saturated heterocycles. The monoisotopic (exact) mass is 481 g/mol. The molecule has 5 aliphatic rings. The van der Waals surface area contributed by atoms with Crippen LogP contribution >= 0.6 is 15.9 Å². The molecule has 7 rings (SSSR count). The van der Waals surface area contributed by atoms with Gasteiger partial charge in [-0.25, -0.2) is 0 Å². The van der Waals surface area contributed by atoms with E-state index >= 15 is 0 Å². The Balaban J connectivity index is 1.26.